The highest BCUT2D eigenvalue weighted by Crippen LogP contribution is 2.41. The third kappa shape index (κ3) is 9.08. The van der Waals surface area contributed by atoms with Crippen LogP contribution in [0, 0.1) is 29.2 Å². The van der Waals surface area contributed by atoms with Crippen LogP contribution in [0.2, 0.25) is 0 Å². The van der Waals surface area contributed by atoms with Crippen molar-refractivity contribution < 1.29 is 53.4 Å². The molecule has 0 aromatic heterocycles. The maximum atomic E-state index is 13.5. The van der Waals surface area contributed by atoms with E-state index in [-0.39, 0.29) is 28.4 Å². The summed E-state index contributed by atoms with van der Waals surface area (Å²) in [7, 11) is 0. The van der Waals surface area contributed by atoms with Crippen LogP contribution in [0.25, 0.3) is 0 Å². The Kier molecular flexibility index (Phi) is 9.70. The van der Waals surface area contributed by atoms with Crippen molar-refractivity contribution in [2.45, 2.75) is 31.6 Å². The van der Waals surface area contributed by atoms with E-state index in [1.165, 1.54) is 0 Å². The molecule has 2 N–H and O–H groups in total. The second-order valence-corrected chi connectivity index (χ2v) is 7.31. The molecule has 15 heteroatoms. The van der Waals surface area contributed by atoms with Crippen molar-refractivity contribution in [1.29, 1.82) is 0 Å². The van der Waals surface area contributed by atoms with Crippen molar-refractivity contribution in [2.24, 2.45) is 11.7 Å². The molecule has 1 fully saturated rings. The lowest BCUT2D eigenvalue weighted by Gasteiger charge is -2.15. The van der Waals surface area contributed by atoms with E-state index in [0.29, 0.717) is 24.3 Å². The van der Waals surface area contributed by atoms with Crippen molar-refractivity contribution in [2.75, 3.05) is 0 Å². The molecule has 0 aliphatic heterocycles. The van der Waals surface area contributed by atoms with Gasteiger partial charge in [0.1, 0.15) is 11.6 Å². The molecule has 0 heterocycles. The first-order valence-electron chi connectivity index (χ1n) is 8.48. The highest BCUT2D eigenvalue weighted by Gasteiger charge is 2.35. The Morgan fingerprint density at radius 1 is 0.758 bits per heavy atom. The summed E-state index contributed by atoms with van der Waals surface area (Å²) < 4.78 is 129. The molecule has 3 nitrogen and oxygen atoms in total. The monoisotopic (exact) mass is 579 g/mol. The van der Waals surface area contributed by atoms with Gasteiger partial charge in [0.2, 0.25) is 0 Å². The minimum atomic E-state index is -5.06. The largest absolute Gasteiger partial charge is 0.573 e. The second kappa shape index (κ2) is 11.0. The highest BCUT2D eigenvalue weighted by atomic mass is 79.9. The molecular formula is C18H13BrClF10NO2. The number of nitrogens with two attached hydrogens (primary N) is 1. The zero-order chi connectivity index (χ0) is 24.4. The minimum Gasteiger partial charge on any atom is -0.403 e. The van der Waals surface area contributed by atoms with Gasteiger partial charge in [-0.3, -0.25) is 0 Å². The molecule has 1 aliphatic rings. The Bertz CT molecular complexity index is 967. The predicted octanol–water partition coefficient (Wildman–Crippen LogP) is 7.32. The van der Waals surface area contributed by atoms with E-state index in [9.17, 15) is 43.9 Å². The molecule has 1 atom stereocenters. The number of alkyl halides is 6. The summed E-state index contributed by atoms with van der Waals surface area (Å²) in [5, 5.41) is 0. The molecule has 2 aromatic carbocycles. The standard InChI is InChI=1S/C11H10F5NO.C7H2BrF5O.ClH/c12-7-4-9(18-11(14,15)16)8(13)3-6(7)10(17)5-1-2-5;8-3-1-5(10)6(2-4(3)9)14-7(11,12)13;/h3-5,10H,1-2,17H2;1-2H;1H/t10-;;/m1../s1. The fourth-order valence-corrected chi connectivity index (χ4v) is 2.73. The van der Waals surface area contributed by atoms with Crippen LogP contribution in [-0.4, -0.2) is 12.7 Å². The van der Waals surface area contributed by atoms with Crippen LogP contribution in [-0.2, 0) is 0 Å². The van der Waals surface area contributed by atoms with Crippen LogP contribution in [0.15, 0.2) is 28.7 Å². The summed E-state index contributed by atoms with van der Waals surface area (Å²) in [6.07, 6.45) is -8.49. The van der Waals surface area contributed by atoms with Gasteiger partial charge in [-0.1, -0.05) is 0 Å². The Morgan fingerprint density at radius 2 is 1.18 bits per heavy atom. The average Bonchev–Trinajstić information content (AvgIpc) is 3.45. The Morgan fingerprint density at radius 3 is 1.61 bits per heavy atom. The third-order valence-corrected chi connectivity index (χ3v) is 4.57. The average molecular weight is 581 g/mol. The van der Waals surface area contributed by atoms with E-state index in [4.69, 9.17) is 5.73 Å². The molecule has 1 aliphatic carbocycles. The van der Waals surface area contributed by atoms with Gasteiger partial charge < -0.3 is 15.2 Å². The molecule has 0 spiro atoms. The predicted molar refractivity (Wildman–Crippen MR) is 101 cm³/mol. The second-order valence-electron chi connectivity index (χ2n) is 6.46. The normalized spacial score (nSPS) is 14.5. The minimum absolute atomic E-state index is 0. The zero-order valence-corrected chi connectivity index (χ0v) is 18.2. The molecule has 0 radical (unpaired) electrons. The smallest absolute Gasteiger partial charge is 0.403 e. The van der Waals surface area contributed by atoms with Crippen LogP contribution in [0.5, 0.6) is 11.5 Å². The highest BCUT2D eigenvalue weighted by molar-refractivity contribution is 9.10. The van der Waals surface area contributed by atoms with Gasteiger partial charge in [0.05, 0.1) is 4.47 Å². The Labute approximate surface area is 194 Å². The van der Waals surface area contributed by atoms with Gasteiger partial charge in [-0.2, -0.15) is 0 Å². The molecule has 1 saturated carbocycles. The van der Waals surface area contributed by atoms with Crippen LogP contribution in [0.3, 0.4) is 0 Å². The Balaban J connectivity index is 0.000000331. The molecule has 2 aromatic rings. The topological polar surface area (TPSA) is 44.5 Å². The van der Waals surface area contributed by atoms with Crippen molar-refractivity contribution in [1.82, 2.24) is 0 Å². The van der Waals surface area contributed by atoms with Crippen LogP contribution in [0.4, 0.5) is 43.9 Å². The maximum absolute atomic E-state index is 13.5. The van der Waals surface area contributed by atoms with E-state index >= 15 is 0 Å². The molecule has 0 amide bonds. The summed E-state index contributed by atoms with van der Waals surface area (Å²) in [6, 6.07) is 1.21. The van der Waals surface area contributed by atoms with Crippen LogP contribution in [0.1, 0.15) is 24.4 Å². The molecule has 0 bridgehead atoms. The van der Waals surface area contributed by atoms with Gasteiger partial charge >= 0.3 is 12.7 Å². The molecule has 33 heavy (non-hydrogen) atoms. The summed E-state index contributed by atoms with van der Waals surface area (Å²) in [6.45, 7) is 0. The summed E-state index contributed by atoms with van der Waals surface area (Å²) in [5.74, 6) is -6.92. The van der Waals surface area contributed by atoms with Gasteiger partial charge in [-0.15, -0.1) is 38.7 Å². The molecular weight excluding hydrogens is 568 g/mol. The lowest BCUT2D eigenvalue weighted by atomic mass is 10.0. The van der Waals surface area contributed by atoms with Gasteiger partial charge in [0.25, 0.3) is 0 Å². The van der Waals surface area contributed by atoms with Crippen LogP contribution < -0.4 is 15.2 Å². The third-order valence-electron chi connectivity index (χ3n) is 3.97. The number of halogens is 12. The lowest BCUT2D eigenvalue weighted by molar-refractivity contribution is -0.276. The fourth-order valence-electron chi connectivity index (χ4n) is 2.42. The number of hydrogen-bond acceptors (Lipinski definition) is 3. The number of rotatable bonds is 4. The van der Waals surface area contributed by atoms with Crippen LogP contribution >= 0.6 is 28.3 Å². The molecule has 0 saturated heterocycles. The first-order chi connectivity index (χ1) is 14.6. The van der Waals surface area contributed by atoms with E-state index in [1.807, 2.05) is 0 Å². The number of benzene rings is 2. The van der Waals surface area contributed by atoms with Crippen molar-refractivity contribution >= 4 is 28.3 Å². The summed E-state index contributed by atoms with van der Waals surface area (Å²) in [5.41, 5.74) is 5.56. The summed E-state index contributed by atoms with van der Waals surface area (Å²) in [4.78, 5) is 0. The van der Waals surface area contributed by atoms with E-state index in [1.54, 1.807) is 0 Å². The first-order valence-corrected chi connectivity index (χ1v) is 9.27. The Hall–Kier alpha value is -1.93. The van der Waals surface area contributed by atoms with Crippen molar-refractivity contribution in [3.63, 3.8) is 0 Å². The lowest BCUT2D eigenvalue weighted by Crippen LogP contribution is -2.19. The number of ether oxygens (including phenoxy) is 2. The van der Waals surface area contributed by atoms with Crippen molar-refractivity contribution in [3.05, 3.63) is 57.6 Å². The number of hydrogen-bond donors (Lipinski definition) is 1. The first kappa shape index (κ1) is 29.1. The van der Waals surface area contributed by atoms with Gasteiger partial charge in [0.15, 0.2) is 23.1 Å². The van der Waals surface area contributed by atoms with Gasteiger partial charge in [-0.05, 0) is 46.8 Å². The van der Waals surface area contributed by atoms with E-state index in [0.717, 1.165) is 12.8 Å². The summed E-state index contributed by atoms with van der Waals surface area (Å²) >= 11 is 2.61. The van der Waals surface area contributed by atoms with Gasteiger partial charge in [0, 0.05) is 23.7 Å². The van der Waals surface area contributed by atoms with Gasteiger partial charge in [-0.25, -0.2) is 17.6 Å². The van der Waals surface area contributed by atoms with E-state index in [2.05, 4.69) is 25.4 Å². The van der Waals surface area contributed by atoms with Crippen molar-refractivity contribution in [3.8, 4) is 11.5 Å². The zero-order valence-electron chi connectivity index (χ0n) is 15.8. The van der Waals surface area contributed by atoms with E-state index < -0.39 is 53.5 Å². The quantitative estimate of drug-likeness (QED) is 0.305. The maximum Gasteiger partial charge on any atom is 0.573 e. The fraction of sp³-hybridized carbons (Fsp3) is 0.333. The molecule has 3 rings (SSSR count). The molecule has 186 valence electrons. The molecule has 0 unspecified atom stereocenters. The SMILES string of the molecule is Cl.Fc1cc(OC(F)(F)F)c(F)cc1Br.N[C@@H](c1cc(F)c(OC(F)(F)F)cc1F)C1CC1.